The van der Waals surface area contributed by atoms with E-state index in [-0.39, 0.29) is 10.3 Å². The summed E-state index contributed by atoms with van der Waals surface area (Å²) < 4.78 is 34.9. The van der Waals surface area contributed by atoms with Crippen molar-refractivity contribution in [3.05, 3.63) is 102 Å². The van der Waals surface area contributed by atoms with Crippen molar-refractivity contribution in [3.8, 4) is 22.3 Å². The summed E-state index contributed by atoms with van der Waals surface area (Å²) in [6.07, 6.45) is 1.22. The van der Waals surface area contributed by atoms with Crippen LogP contribution < -0.4 is 15.1 Å². The summed E-state index contributed by atoms with van der Waals surface area (Å²) in [7, 11) is -3.87. The van der Waals surface area contributed by atoms with Gasteiger partial charge < -0.3 is 0 Å². The molecule has 4 aromatic carbocycles. The Kier molecular flexibility index (Phi) is 11.9. The van der Waals surface area contributed by atoms with Crippen molar-refractivity contribution in [1.82, 2.24) is 0 Å². The van der Waals surface area contributed by atoms with Gasteiger partial charge in [-0.2, -0.15) is 0 Å². The minimum absolute atomic E-state index is 0.291. The normalized spacial score (nSPS) is 13.8. The van der Waals surface area contributed by atoms with Crippen LogP contribution in [0.15, 0.2) is 84.9 Å². The van der Waals surface area contributed by atoms with Crippen molar-refractivity contribution >= 4 is 30.6 Å². The van der Waals surface area contributed by atoms with E-state index in [0.717, 1.165) is 15.2 Å². The van der Waals surface area contributed by atoms with E-state index in [2.05, 4.69) is 132 Å². The van der Waals surface area contributed by atoms with E-state index < -0.39 is 32.2 Å². The van der Waals surface area contributed by atoms with Gasteiger partial charge in [-0.3, -0.25) is 0 Å². The SMILES string of the molecule is CC(C)c1cc(C(C)C)c(-c2ccccc2[PH]([Pd]([O]S(C)(=O)=O)[c]2ccccc2-c2ccccc2N)(C(C)(C)C)C(C)(C)C)c(C(C)C)c1. The van der Waals surface area contributed by atoms with Gasteiger partial charge in [0.25, 0.3) is 0 Å². The van der Waals surface area contributed by atoms with Crippen molar-refractivity contribution in [3.63, 3.8) is 0 Å². The van der Waals surface area contributed by atoms with Crippen LogP contribution in [0.3, 0.4) is 0 Å². The molecule has 0 aliphatic heterocycles. The van der Waals surface area contributed by atoms with Crippen LogP contribution in [0.1, 0.15) is 118 Å². The molecule has 49 heavy (non-hydrogen) atoms. The van der Waals surface area contributed by atoms with Crippen LogP contribution in [0.2, 0.25) is 0 Å². The van der Waals surface area contributed by atoms with Crippen LogP contribution in [0.5, 0.6) is 0 Å². The first-order valence-electron chi connectivity index (χ1n) is 17.4. The molecule has 2 N–H and O–H groups in total. The summed E-state index contributed by atoms with van der Waals surface area (Å²) in [5.74, 6) is 0.983. The van der Waals surface area contributed by atoms with E-state index in [0.29, 0.717) is 23.4 Å². The third-order valence-corrected chi connectivity index (χ3v) is 32.1. The summed E-state index contributed by atoms with van der Waals surface area (Å²) in [6, 6.07) is 29.8. The molecule has 271 valence electrons. The van der Waals surface area contributed by atoms with Gasteiger partial charge in [0.1, 0.15) is 0 Å². The average Bonchev–Trinajstić information content (AvgIpc) is 2.98. The molecule has 0 bridgehead atoms. The van der Waals surface area contributed by atoms with Gasteiger partial charge in [-0.25, -0.2) is 0 Å². The Hall–Kier alpha value is -2.32. The molecule has 0 unspecified atom stereocenters. The van der Waals surface area contributed by atoms with Gasteiger partial charge in [0.2, 0.25) is 0 Å². The zero-order valence-electron chi connectivity index (χ0n) is 31.8. The molecule has 0 aliphatic rings. The van der Waals surface area contributed by atoms with Crippen molar-refractivity contribution in [1.29, 1.82) is 0 Å². The van der Waals surface area contributed by atoms with E-state index in [9.17, 15) is 8.42 Å². The molecule has 0 amide bonds. The number of nitrogens with two attached hydrogens (primary N) is 1. The molecule has 0 saturated heterocycles. The fourth-order valence-electron chi connectivity index (χ4n) is 7.52. The van der Waals surface area contributed by atoms with Crippen LogP contribution in [0.25, 0.3) is 22.3 Å². The monoisotopic (exact) mass is 794 g/mol. The summed E-state index contributed by atoms with van der Waals surface area (Å²) in [4.78, 5) is 0. The number of benzene rings is 4. The van der Waals surface area contributed by atoms with Crippen LogP contribution >= 0.6 is 5.45 Å². The Bertz CT molecular complexity index is 1860. The Labute approximate surface area is 303 Å². The van der Waals surface area contributed by atoms with Crippen LogP contribution in [-0.4, -0.2) is 25.0 Å². The number of anilines is 1. The van der Waals surface area contributed by atoms with Crippen molar-refractivity contribution in [2.24, 2.45) is 0 Å². The first-order chi connectivity index (χ1) is 22.6. The predicted molar refractivity (Wildman–Crippen MR) is 213 cm³/mol. The molecule has 0 aliphatic carbocycles. The van der Waals surface area contributed by atoms with E-state index in [1.54, 1.807) is 0 Å². The molecule has 0 radical (unpaired) electrons. The van der Waals surface area contributed by atoms with Crippen molar-refractivity contribution in [2.45, 2.75) is 111 Å². The summed E-state index contributed by atoms with van der Waals surface area (Å²) >= 11 is -2.59. The first kappa shape index (κ1) is 39.5. The Morgan fingerprint density at radius 3 is 1.55 bits per heavy atom. The van der Waals surface area contributed by atoms with Crippen molar-refractivity contribution < 1.29 is 28.0 Å². The third-order valence-electron chi connectivity index (χ3n) is 9.27. The number of para-hydroxylation sites is 1. The number of rotatable bonds is 10. The summed E-state index contributed by atoms with van der Waals surface area (Å²) in [5.41, 5.74) is 12.5. The molecule has 0 saturated carbocycles. The second-order valence-electron chi connectivity index (χ2n) is 16.2. The van der Waals surface area contributed by atoms with Gasteiger partial charge in [0.15, 0.2) is 0 Å². The zero-order chi connectivity index (χ0) is 36.7. The Morgan fingerprint density at radius 1 is 0.653 bits per heavy atom. The minimum atomic E-state index is -3.87. The van der Waals surface area contributed by atoms with Gasteiger partial charge >= 0.3 is 306 Å². The average molecular weight is 795 g/mol. The standard InChI is InChI=1S/C29H45P.C12H10N.CH4O3S.Pd/c1-19(2)22-17-24(20(3)4)27(25(18-22)21(5)6)23-15-13-14-16-26(23)30(28(7,8)9)29(10,11)12;13-12-9-5-4-8-11(12)10-6-2-1-3-7-10;1-5(2,3)4;/h13-21H,1-12H3;1-6,8-9H,13H2;1H3,(H,2,3,4);. The van der Waals surface area contributed by atoms with Gasteiger partial charge in [0.05, 0.1) is 0 Å². The van der Waals surface area contributed by atoms with Crippen LogP contribution in [0.4, 0.5) is 5.69 Å². The van der Waals surface area contributed by atoms with Crippen LogP contribution in [0, 0.1) is 0 Å². The number of nitrogen functional groups attached to an aromatic ring is 1. The van der Waals surface area contributed by atoms with E-state index in [1.165, 1.54) is 39.4 Å². The maximum atomic E-state index is 13.6. The molecular weight excluding hydrogens is 736 g/mol. The van der Waals surface area contributed by atoms with E-state index >= 15 is 0 Å². The molecular formula is C42H59NO3PPdS. The topological polar surface area (TPSA) is 69.4 Å². The van der Waals surface area contributed by atoms with Crippen LogP contribution in [-0.2, 0) is 29.7 Å². The summed E-state index contributed by atoms with van der Waals surface area (Å²) in [6.45, 7) is 27.6. The molecule has 4 aromatic rings. The summed E-state index contributed by atoms with van der Waals surface area (Å²) in [5, 5.41) is 0.614. The zero-order valence-corrected chi connectivity index (χ0v) is 35.2. The van der Waals surface area contributed by atoms with Gasteiger partial charge in [-0.1, -0.05) is 0 Å². The molecule has 0 atom stereocenters. The fraction of sp³-hybridized carbons (Fsp3) is 0.429. The molecule has 4 rings (SSSR count). The van der Waals surface area contributed by atoms with E-state index in [4.69, 9.17) is 8.64 Å². The number of hydrogen-bond acceptors (Lipinski definition) is 4. The molecule has 0 heterocycles. The molecule has 0 spiro atoms. The quantitative estimate of drug-likeness (QED) is 0.0986. The third kappa shape index (κ3) is 7.80. The number of hydrogen-bond donors (Lipinski definition) is 1. The second kappa shape index (κ2) is 14.7. The van der Waals surface area contributed by atoms with Crippen molar-refractivity contribution in [2.75, 3.05) is 12.0 Å². The van der Waals surface area contributed by atoms with Gasteiger partial charge in [-0.05, 0) is 0 Å². The van der Waals surface area contributed by atoms with E-state index in [1.807, 2.05) is 36.4 Å². The Morgan fingerprint density at radius 2 is 1.10 bits per heavy atom. The fourth-order valence-corrected chi connectivity index (χ4v) is 31.7. The van der Waals surface area contributed by atoms with Gasteiger partial charge in [0, 0.05) is 0 Å². The molecule has 4 nitrogen and oxygen atoms in total. The molecule has 7 heteroatoms. The first-order valence-corrected chi connectivity index (χ1v) is 24.7. The second-order valence-corrected chi connectivity index (χ2v) is 30.3. The maximum absolute atomic E-state index is 13.6. The predicted octanol–water partition coefficient (Wildman–Crippen LogP) is 10.7. The molecule has 0 aromatic heterocycles. The van der Waals surface area contributed by atoms with Gasteiger partial charge in [-0.15, -0.1) is 0 Å². The Balaban J connectivity index is 2.29. The molecule has 0 fully saturated rings.